The molecule has 0 aliphatic heterocycles. The van der Waals surface area contributed by atoms with E-state index in [1.807, 2.05) is 0 Å². The Hall–Kier alpha value is -0.570. The fourth-order valence-corrected chi connectivity index (χ4v) is 2.59. The van der Waals surface area contributed by atoms with Gasteiger partial charge < -0.3 is 11.1 Å². The van der Waals surface area contributed by atoms with Crippen LogP contribution in [-0.2, 0) is 4.79 Å². The molecule has 0 atom stereocenters. The summed E-state index contributed by atoms with van der Waals surface area (Å²) in [7, 11) is 0. The lowest BCUT2D eigenvalue weighted by Gasteiger charge is -2.30. The fourth-order valence-electron chi connectivity index (χ4n) is 2.59. The van der Waals surface area contributed by atoms with E-state index in [1.54, 1.807) is 0 Å². The van der Waals surface area contributed by atoms with Gasteiger partial charge in [-0.25, -0.2) is 0 Å². The van der Waals surface area contributed by atoms with E-state index in [0.717, 1.165) is 44.6 Å². The highest BCUT2D eigenvalue weighted by molar-refractivity contribution is 5.82. The molecule has 0 aromatic heterocycles. The van der Waals surface area contributed by atoms with Crippen molar-refractivity contribution in [3.63, 3.8) is 0 Å². The molecule has 0 aromatic rings. The van der Waals surface area contributed by atoms with Gasteiger partial charge in [0.05, 0.1) is 5.41 Å². The van der Waals surface area contributed by atoms with E-state index in [9.17, 15) is 4.79 Å². The molecule has 1 saturated carbocycles. The fraction of sp³-hybridized carbons (Fsp3) is 0.929. The highest BCUT2D eigenvalue weighted by atomic mass is 16.2. The van der Waals surface area contributed by atoms with Crippen LogP contribution in [0.4, 0.5) is 0 Å². The van der Waals surface area contributed by atoms with Crippen molar-refractivity contribution in [1.29, 1.82) is 0 Å². The zero-order chi connectivity index (χ0) is 12.7. The minimum atomic E-state index is -0.312. The first-order valence-corrected chi connectivity index (χ1v) is 7.17. The van der Waals surface area contributed by atoms with Gasteiger partial charge in [0, 0.05) is 13.1 Å². The second kappa shape index (κ2) is 7.00. The Morgan fingerprint density at radius 3 is 2.29 bits per heavy atom. The average molecular weight is 240 g/mol. The first-order chi connectivity index (χ1) is 8.18. The molecule has 17 heavy (non-hydrogen) atoms. The summed E-state index contributed by atoms with van der Waals surface area (Å²) in [5.74, 6) is 1.06. The van der Waals surface area contributed by atoms with Crippen LogP contribution >= 0.6 is 0 Å². The maximum absolute atomic E-state index is 12.3. The van der Waals surface area contributed by atoms with Crippen molar-refractivity contribution in [2.75, 3.05) is 13.1 Å². The second-order valence-corrected chi connectivity index (χ2v) is 5.47. The molecule has 0 bridgehead atoms. The number of hydrogen-bond donors (Lipinski definition) is 2. The van der Waals surface area contributed by atoms with Crippen molar-refractivity contribution in [1.82, 2.24) is 5.32 Å². The van der Waals surface area contributed by atoms with E-state index < -0.39 is 0 Å². The SMILES string of the molecule is CCCC(CN)(CCC)C(=O)NCCC1CC1. The van der Waals surface area contributed by atoms with Crippen molar-refractivity contribution >= 4 is 5.91 Å². The maximum Gasteiger partial charge on any atom is 0.227 e. The van der Waals surface area contributed by atoms with E-state index in [-0.39, 0.29) is 11.3 Å². The molecule has 1 amide bonds. The minimum absolute atomic E-state index is 0.185. The average Bonchev–Trinajstić information content (AvgIpc) is 3.12. The standard InChI is InChI=1S/C14H28N2O/c1-3-8-14(11-15,9-4-2)13(17)16-10-7-12-5-6-12/h12H,3-11,15H2,1-2H3,(H,16,17). The summed E-state index contributed by atoms with van der Waals surface area (Å²) in [4.78, 5) is 12.3. The Kier molecular flexibility index (Phi) is 5.96. The Labute approximate surface area is 106 Å². The van der Waals surface area contributed by atoms with E-state index in [2.05, 4.69) is 19.2 Å². The molecule has 1 aliphatic rings. The van der Waals surface area contributed by atoms with Gasteiger partial charge in [-0.3, -0.25) is 4.79 Å². The molecule has 1 rings (SSSR count). The van der Waals surface area contributed by atoms with Crippen molar-refractivity contribution in [3.8, 4) is 0 Å². The summed E-state index contributed by atoms with van der Waals surface area (Å²) in [6, 6.07) is 0. The van der Waals surface area contributed by atoms with Crippen molar-refractivity contribution in [2.24, 2.45) is 17.1 Å². The van der Waals surface area contributed by atoms with Gasteiger partial charge in [0.1, 0.15) is 0 Å². The Morgan fingerprint density at radius 2 is 1.88 bits per heavy atom. The van der Waals surface area contributed by atoms with Crippen LogP contribution in [0.3, 0.4) is 0 Å². The largest absolute Gasteiger partial charge is 0.356 e. The van der Waals surface area contributed by atoms with E-state index in [1.165, 1.54) is 12.8 Å². The Bertz CT molecular complexity index is 230. The molecule has 0 heterocycles. The lowest BCUT2D eigenvalue weighted by atomic mass is 9.78. The zero-order valence-corrected chi connectivity index (χ0v) is 11.4. The van der Waals surface area contributed by atoms with Crippen molar-refractivity contribution in [3.05, 3.63) is 0 Å². The number of nitrogens with one attached hydrogen (secondary N) is 1. The molecule has 3 N–H and O–H groups in total. The van der Waals surface area contributed by atoms with Gasteiger partial charge in [0.2, 0.25) is 5.91 Å². The quantitative estimate of drug-likeness (QED) is 0.650. The van der Waals surface area contributed by atoms with Crippen LogP contribution in [0.15, 0.2) is 0 Å². The zero-order valence-electron chi connectivity index (χ0n) is 11.4. The van der Waals surface area contributed by atoms with Gasteiger partial charge >= 0.3 is 0 Å². The molecule has 1 fully saturated rings. The van der Waals surface area contributed by atoms with Crippen molar-refractivity contribution in [2.45, 2.75) is 58.8 Å². The van der Waals surface area contributed by atoms with E-state index in [4.69, 9.17) is 5.73 Å². The minimum Gasteiger partial charge on any atom is -0.356 e. The van der Waals surface area contributed by atoms with E-state index in [0.29, 0.717) is 6.54 Å². The molecule has 1 aliphatic carbocycles. The molecule has 0 spiro atoms. The van der Waals surface area contributed by atoms with Crippen LogP contribution in [0, 0.1) is 11.3 Å². The van der Waals surface area contributed by atoms with Gasteiger partial charge in [-0.15, -0.1) is 0 Å². The molecule has 3 nitrogen and oxygen atoms in total. The molecule has 0 aromatic carbocycles. The number of hydrogen-bond acceptors (Lipinski definition) is 2. The summed E-state index contributed by atoms with van der Waals surface area (Å²) >= 11 is 0. The van der Waals surface area contributed by atoms with Crippen LogP contribution in [0.25, 0.3) is 0 Å². The first-order valence-electron chi connectivity index (χ1n) is 7.17. The molecule has 100 valence electrons. The monoisotopic (exact) mass is 240 g/mol. The predicted molar refractivity (Wildman–Crippen MR) is 71.7 cm³/mol. The summed E-state index contributed by atoms with van der Waals surface area (Å²) < 4.78 is 0. The molecule has 0 radical (unpaired) electrons. The van der Waals surface area contributed by atoms with E-state index >= 15 is 0 Å². The molecule has 0 unspecified atom stereocenters. The third-order valence-electron chi connectivity index (χ3n) is 3.86. The summed E-state index contributed by atoms with van der Waals surface area (Å²) in [6.45, 7) is 5.55. The highest BCUT2D eigenvalue weighted by Gasteiger charge is 2.35. The van der Waals surface area contributed by atoms with Gasteiger partial charge in [0.15, 0.2) is 0 Å². The Morgan fingerprint density at radius 1 is 1.29 bits per heavy atom. The number of carbonyl (C=O) groups excluding carboxylic acids is 1. The van der Waals surface area contributed by atoms with Gasteiger partial charge in [0.25, 0.3) is 0 Å². The van der Waals surface area contributed by atoms with Gasteiger partial charge in [-0.05, 0) is 25.2 Å². The summed E-state index contributed by atoms with van der Waals surface area (Å²) in [5, 5.41) is 3.10. The van der Waals surface area contributed by atoms with Crippen LogP contribution in [0.1, 0.15) is 58.8 Å². The summed E-state index contributed by atoms with van der Waals surface area (Å²) in [5.41, 5.74) is 5.55. The summed E-state index contributed by atoms with van der Waals surface area (Å²) in [6.07, 6.45) is 7.70. The number of carbonyl (C=O) groups is 1. The van der Waals surface area contributed by atoms with Crippen LogP contribution in [0.2, 0.25) is 0 Å². The van der Waals surface area contributed by atoms with Crippen LogP contribution in [-0.4, -0.2) is 19.0 Å². The molecular formula is C14H28N2O. The molecular weight excluding hydrogens is 212 g/mol. The normalized spacial score (nSPS) is 15.9. The number of amides is 1. The second-order valence-electron chi connectivity index (χ2n) is 5.47. The Balaban J connectivity index is 2.43. The lowest BCUT2D eigenvalue weighted by molar-refractivity contribution is -0.131. The molecule has 0 saturated heterocycles. The smallest absolute Gasteiger partial charge is 0.227 e. The first kappa shape index (κ1) is 14.5. The van der Waals surface area contributed by atoms with Crippen molar-refractivity contribution < 1.29 is 4.79 Å². The number of rotatable bonds is 9. The van der Waals surface area contributed by atoms with Gasteiger partial charge in [-0.2, -0.15) is 0 Å². The van der Waals surface area contributed by atoms with Crippen LogP contribution < -0.4 is 11.1 Å². The maximum atomic E-state index is 12.3. The topological polar surface area (TPSA) is 55.1 Å². The number of nitrogens with two attached hydrogens (primary N) is 1. The highest BCUT2D eigenvalue weighted by Crippen LogP contribution is 2.32. The predicted octanol–water partition coefficient (Wildman–Crippen LogP) is 2.45. The van der Waals surface area contributed by atoms with Crippen LogP contribution in [0.5, 0.6) is 0 Å². The third kappa shape index (κ3) is 4.30. The third-order valence-corrected chi connectivity index (χ3v) is 3.86. The molecule has 3 heteroatoms. The lowest BCUT2D eigenvalue weighted by Crippen LogP contribution is -2.46. The van der Waals surface area contributed by atoms with Gasteiger partial charge in [-0.1, -0.05) is 39.5 Å².